The van der Waals surface area contributed by atoms with Crippen LogP contribution >= 0.6 is 24.2 Å². The Balaban J connectivity index is 0.00000161. The molecule has 4 nitrogen and oxygen atoms in total. The van der Waals surface area contributed by atoms with Crippen molar-refractivity contribution in [3.63, 3.8) is 0 Å². The Hall–Kier alpha value is -0.750. The monoisotopic (exact) mass is 328 g/mol. The van der Waals surface area contributed by atoms with Gasteiger partial charge in [0.05, 0.1) is 12.1 Å². The Bertz CT molecular complexity index is 482. The van der Waals surface area contributed by atoms with Crippen LogP contribution in [0.3, 0.4) is 0 Å². The molecule has 0 spiro atoms. The molecule has 116 valence electrons. The number of carbonyl (C=O) groups is 1. The van der Waals surface area contributed by atoms with Gasteiger partial charge in [0.15, 0.2) is 0 Å². The summed E-state index contributed by atoms with van der Waals surface area (Å²) in [6.07, 6.45) is 2.42. The summed E-state index contributed by atoms with van der Waals surface area (Å²) in [7, 11) is 0. The first-order chi connectivity index (χ1) is 9.67. The minimum absolute atomic E-state index is 0. The van der Waals surface area contributed by atoms with Crippen molar-refractivity contribution in [3.05, 3.63) is 30.3 Å². The molecule has 1 aliphatic carbocycles. The van der Waals surface area contributed by atoms with Gasteiger partial charge in [0.25, 0.3) is 0 Å². The highest BCUT2D eigenvalue weighted by Gasteiger charge is 2.44. The molecule has 0 radical (unpaired) electrons. The predicted molar refractivity (Wildman–Crippen MR) is 86.9 cm³/mol. The van der Waals surface area contributed by atoms with Crippen LogP contribution in [0.5, 0.6) is 0 Å². The fourth-order valence-corrected chi connectivity index (χ4v) is 3.72. The average Bonchev–Trinajstić information content (AvgIpc) is 3.08. The summed E-state index contributed by atoms with van der Waals surface area (Å²) in [5.41, 5.74) is 0. The van der Waals surface area contributed by atoms with Crippen LogP contribution in [0.4, 0.5) is 0 Å². The van der Waals surface area contributed by atoms with E-state index in [0.29, 0.717) is 19.5 Å². The first kappa shape index (κ1) is 16.6. The average molecular weight is 329 g/mol. The van der Waals surface area contributed by atoms with Gasteiger partial charge in [-0.2, -0.15) is 0 Å². The second kappa shape index (κ2) is 7.01. The van der Waals surface area contributed by atoms with Gasteiger partial charge in [-0.05, 0) is 31.4 Å². The molecule has 2 aliphatic rings. The molecule has 0 bridgehead atoms. The number of hydrogen-bond donors (Lipinski definition) is 3. The van der Waals surface area contributed by atoms with Gasteiger partial charge in [0.2, 0.25) is 5.91 Å². The van der Waals surface area contributed by atoms with Gasteiger partial charge in [-0.25, -0.2) is 0 Å². The molecular formula is C15H21ClN2O2S. The van der Waals surface area contributed by atoms with E-state index in [2.05, 4.69) is 22.8 Å². The number of hydrogen-bond acceptors (Lipinski definition) is 4. The summed E-state index contributed by atoms with van der Waals surface area (Å²) in [4.78, 5) is 13.3. The number of aliphatic hydroxyl groups is 1. The van der Waals surface area contributed by atoms with E-state index in [9.17, 15) is 9.90 Å². The van der Waals surface area contributed by atoms with E-state index in [0.717, 1.165) is 12.8 Å². The molecule has 1 aliphatic heterocycles. The molecule has 1 amide bonds. The number of benzene rings is 1. The van der Waals surface area contributed by atoms with E-state index < -0.39 is 0 Å². The third-order valence-electron chi connectivity index (χ3n) is 3.89. The van der Waals surface area contributed by atoms with Crippen molar-refractivity contribution < 1.29 is 9.90 Å². The second-order valence-corrected chi connectivity index (χ2v) is 7.21. The van der Waals surface area contributed by atoms with Crippen LogP contribution in [0, 0.1) is 0 Å². The van der Waals surface area contributed by atoms with Crippen molar-refractivity contribution in [1.29, 1.82) is 0 Å². The van der Waals surface area contributed by atoms with E-state index in [4.69, 9.17) is 0 Å². The minimum Gasteiger partial charge on any atom is -0.392 e. The summed E-state index contributed by atoms with van der Waals surface area (Å²) in [6, 6.07) is 10.1. The maximum Gasteiger partial charge on any atom is 0.237 e. The maximum atomic E-state index is 12.0. The fourth-order valence-electron chi connectivity index (χ4n) is 2.48. The number of nitrogens with one attached hydrogen (secondary N) is 2. The molecule has 2 atom stereocenters. The first-order valence-electron chi connectivity index (χ1n) is 7.10. The lowest BCUT2D eigenvalue weighted by atomic mass is 10.2. The van der Waals surface area contributed by atoms with Crippen LogP contribution in [0.25, 0.3) is 0 Å². The highest BCUT2D eigenvalue weighted by atomic mass is 35.5. The van der Waals surface area contributed by atoms with Crippen molar-refractivity contribution >= 4 is 30.1 Å². The third kappa shape index (κ3) is 4.36. The summed E-state index contributed by atoms with van der Waals surface area (Å²) in [6.45, 7) is 1.22. The molecular weight excluding hydrogens is 308 g/mol. The van der Waals surface area contributed by atoms with Gasteiger partial charge < -0.3 is 15.7 Å². The lowest BCUT2D eigenvalue weighted by molar-refractivity contribution is -0.122. The van der Waals surface area contributed by atoms with E-state index in [1.54, 1.807) is 0 Å². The number of halogens is 1. The van der Waals surface area contributed by atoms with Crippen LogP contribution in [-0.2, 0) is 4.79 Å². The molecule has 0 aromatic heterocycles. The lowest BCUT2D eigenvalue weighted by Crippen LogP contribution is -2.43. The number of carbonyl (C=O) groups excluding carboxylic acids is 1. The van der Waals surface area contributed by atoms with Crippen LogP contribution in [-0.4, -0.2) is 41.0 Å². The van der Waals surface area contributed by atoms with Crippen LogP contribution < -0.4 is 10.6 Å². The SMILES string of the molecule is Cl.O=C(NCC1(Sc2ccccc2)CC1)C1CC(O)CN1. The summed E-state index contributed by atoms with van der Waals surface area (Å²) in [5.74, 6) is 0.0153. The number of rotatable bonds is 5. The standard InChI is InChI=1S/C15H20N2O2S.ClH/c18-11-8-13(16-9-11)14(19)17-10-15(6-7-15)20-12-4-2-1-3-5-12;/h1-5,11,13,16,18H,6-10H2,(H,17,19);1H. The molecule has 1 aromatic rings. The molecule has 1 saturated carbocycles. The van der Waals surface area contributed by atoms with Gasteiger partial charge >= 0.3 is 0 Å². The van der Waals surface area contributed by atoms with Gasteiger partial charge in [-0.1, -0.05) is 18.2 Å². The topological polar surface area (TPSA) is 61.4 Å². The summed E-state index contributed by atoms with van der Waals surface area (Å²) in [5, 5.41) is 15.5. The summed E-state index contributed by atoms with van der Waals surface area (Å²) >= 11 is 1.86. The molecule has 1 aromatic carbocycles. The molecule has 1 heterocycles. The zero-order chi connectivity index (χ0) is 14.0. The second-order valence-electron chi connectivity index (χ2n) is 5.67. The van der Waals surface area contributed by atoms with E-state index in [-0.39, 0.29) is 35.2 Å². The zero-order valence-electron chi connectivity index (χ0n) is 11.7. The Kier molecular flexibility index (Phi) is 5.54. The minimum atomic E-state index is -0.390. The zero-order valence-corrected chi connectivity index (χ0v) is 13.4. The Morgan fingerprint density at radius 3 is 2.67 bits per heavy atom. The molecule has 6 heteroatoms. The molecule has 2 fully saturated rings. The molecule has 2 unspecified atom stereocenters. The number of thioether (sulfide) groups is 1. The van der Waals surface area contributed by atoms with Crippen LogP contribution in [0.1, 0.15) is 19.3 Å². The largest absolute Gasteiger partial charge is 0.392 e. The lowest BCUT2D eigenvalue weighted by Gasteiger charge is -2.17. The van der Waals surface area contributed by atoms with Gasteiger partial charge in [-0.15, -0.1) is 24.2 Å². The van der Waals surface area contributed by atoms with Gasteiger partial charge in [0, 0.05) is 22.7 Å². The van der Waals surface area contributed by atoms with Crippen LogP contribution in [0.2, 0.25) is 0 Å². The van der Waals surface area contributed by atoms with Crippen molar-refractivity contribution in [1.82, 2.24) is 10.6 Å². The van der Waals surface area contributed by atoms with Crippen molar-refractivity contribution in [2.75, 3.05) is 13.1 Å². The van der Waals surface area contributed by atoms with Gasteiger partial charge in [0.1, 0.15) is 0 Å². The first-order valence-corrected chi connectivity index (χ1v) is 7.92. The smallest absolute Gasteiger partial charge is 0.237 e. The normalized spacial score (nSPS) is 26.0. The Morgan fingerprint density at radius 1 is 1.38 bits per heavy atom. The quantitative estimate of drug-likeness (QED) is 0.768. The van der Waals surface area contributed by atoms with Crippen molar-refractivity contribution in [2.45, 2.75) is 41.1 Å². The van der Waals surface area contributed by atoms with Crippen LogP contribution in [0.15, 0.2) is 35.2 Å². The molecule has 3 rings (SSSR count). The molecule has 1 saturated heterocycles. The van der Waals surface area contributed by atoms with E-state index >= 15 is 0 Å². The fraction of sp³-hybridized carbons (Fsp3) is 0.533. The predicted octanol–water partition coefficient (Wildman–Crippen LogP) is 1.57. The summed E-state index contributed by atoms with van der Waals surface area (Å²) < 4.78 is 0.175. The number of amides is 1. The number of aliphatic hydroxyl groups excluding tert-OH is 1. The van der Waals surface area contributed by atoms with E-state index in [1.165, 1.54) is 4.90 Å². The molecule has 21 heavy (non-hydrogen) atoms. The third-order valence-corrected chi connectivity index (χ3v) is 5.39. The Morgan fingerprint density at radius 2 is 2.10 bits per heavy atom. The number of β-amino-alcohol motifs (C(OH)–C–C–N with tert-alkyl or cyclic N) is 1. The van der Waals surface area contributed by atoms with Gasteiger partial charge in [-0.3, -0.25) is 4.79 Å². The Labute approximate surface area is 135 Å². The highest BCUT2D eigenvalue weighted by molar-refractivity contribution is 8.01. The van der Waals surface area contributed by atoms with E-state index in [1.807, 2.05) is 30.0 Å². The van der Waals surface area contributed by atoms with Crippen molar-refractivity contribution in [3.8, 4) is 0 Å². The highest BCUT2D eigenvalue weighted by Crippen LogP contribution is 2.51. The maximum absolute atomic E-state index is 12.0. The molecule has 3 N–H and O–H groups in total. The van der Waals surface area contributed by atoms with Crippen molar-refractivity contribution in [2.24, 2.45) is 0 Å².